The molecule has 16 heavy (non-hydrogen) atoms. The van der Waals surface area contributed by atoms with Crippen molar-refractivity contribution in [2.45, 2.75) is 51.5 Å². The number of hydrogen-bond acceptors (Lipinski definition) is 3. The number of rotatable bonds is 4. The molecule has 1 fully saturated rings. The smallest absolute Gasteiger partial charge is 0.306 e. The fraction of sp³-hybridized carbons (Fsp3) is 0.833. The molecule has 1 N–H and O–H groups in total. The first kappa shape index (κ1) is 13.0. The van der Waals surface area contributed by atoms with Crippen LogP contribution in [0, 0.1) is 5.92 Å². The van der Waals surface area contributed by atoms with Crippen molar-refractivity contribution in [1.82, 2.24) is 5.32 Å². The van der Waals surface area contributed by atoms with E-state index in [0.717, 1.165) is 18.8 Å². The van der Waals surface area contributed by atoms with Gasteiger partial charge in [-0.1, -0.05) is 6.92 Å². The second kappa shape index (κ2) is 6.51. The molecule has 0 aliphatic heterocycles. The van der Waals surface area contributed by atoms with E-state index in [-0.39, 0.29) is 24.7 Å². The van der Waals surface area contributed by atoms with Crippen LogP contribution in [0.15, 0.2) is 0 Å². The summed E-state index contributed by atoms with van der Waals surface area (Å²) in [5.41, 5.74) is 0. The number of carbonyl (C=O) groups excluding carboxylic acids is 2. The molecule has 1 amide bonds. The van der Waals surface area contributed by atoms with Crippen LogP contribution in [0.25, 0.3) is 0 Å². The van der Waals surface area contributed by atoms with Crippen molar-refractivity contribution < 1.29 is 14.3 Å². The quantitative estimate of drug-likeness (QED) is 0.743. The van der Waals surface area contributed by atoms with E-state index in [2.05, 4.69) is 17.0 Å². The van der Waals surface area contributed by atoms with Crippen molar-refractivity contribution in [3.8, 4) is 0 Å². The van der Waals surface area contributed by atoms with Crippen LogP contribution in [-0.4, -0.2) is 25.0 Å². The zero-order valence-corrected chi connectivity index (χ0v) is 10.1. The lowest BCUT2D eigenvalue weighted by Crippen LogP contribution is -2.37. The molecular weight excluding hydrogens is 206 g/mol. The standard InChI is InChI=1S/C12H21NO3/c1-9-3-5-10(6-4-9)13-11(14)7-8-12(15)16-2/h9-10H,3-8H2,1-2H3,(H,13,14). The summed E-state index contributed by atoms with van der Waals surface area (Å²) in [6.07, 6.45) is 4.89. The molecule has 0 atom stereocenters. The number of methoxy groups -OCH3 is 1. The number of esters is 1. The summed E-state index contributed by atoms with van der Waals surface area (Å²) in [7, 11) is 1.34. The lowest BCUT2D eigenvalue weighted by atomic mass is 9.87. The van der Waals surface area contributed by atoms with Gasteiger partial charge in [0.1, 0.15) is 0 Å². The van der Waals surface area contributed by atoms with Gasteiger partial charge >= 0.3 is 5.97 Å². The van der Waals surface area contributed by atoms with Crippen LogP contribution in [-0.2, 0) is 14.3 Å². The fourth-order valence-electron chi connectivity index (χ4n) is 2.02. The van der Waals surface area contributed by atoms with Crippen molar-refractivity contribution in [3.63, 3.8) is 0 Å². The summed E-state index contributed by atoms with van der Waals surface area (Å²) in [4.78, 5) is 22.3. The minimum Gasteiger partial charge on any atom is -0.469 e. The van der Waals surface area contributed by atoms with Gasteiger partial charge in [0.05, 0.1) is 13.5 Å². The molecule has 0 radical (unpaired) electrons. The van der Waals surface area contributed by atoms with E-state index in [9.17, 15) is 9.59 Å². The maximum absolute atomic E-state index is 11.5. The molecule has 0 heterocycles. The van der Waals surface area contributed by atoms with E-state index in [1.165, 1.54) is 20.0 Å². The Hall–Kier alpha value is -1.06. The molecule has 0 spiro atoms. The summed E-state index contributed by atoms with van der Waals surface area (Å²) in [5.74, 6) is 0.417. The van der Waals surface area contributed by atoms with Crippen LogP contribution in [0.3, 0.4) is 0 Å². The maximum atomic E-state index is 11.5. The Morgan fingerprint density at radius 2 is 1.81 bits per heavy atom. The van der Waals surface area contributed by atoms with Gasteiger partial charge in [-0.2, -0.15) is 0 Å². The second-order valence-corrected chi connectivity index (χ2v) is 4.60. The SMILES string of the molecule is COC(=O)CCC(=O)NC1CCC(C)CC1. The summed E-state index contributed by atoms with van der Waals surface area (Å²) < 4.78 is 4.49. The molecule has 4 heteroatoms. The predicted octanol–water partition coefficient (Wildman–Crippen LogP) is 1.63. The van der Waals surface area contributed by atoms with E-state index in [4.69, 9.17) is 0 Å². The van der Waals surface area contributed by atoms with Gasteiger partial charge in [0.25, 0.3) is 0 Å². The van der Waals surface area contributed by atoms with E-state index in [1.54, 1.807) is 0 Å². The van der Waals surface area contributed by atoms with Crippen LogP contribution in [0.4, 0.5) is 0 Å². The topological polar surface area (TPSA) is 55.4 Å². The number of nitrogens with one attached hydrogen (secondary N) is 1. The molecule has 1 rings (SSSR count). The first-order valence-electron chi connectivity index (χ1n) is 5.98. The third-order valence-corrected chi connectivity index (χ3v) is 3.16. The fourth-order valence-corrected chi connectivity index (χ4v) is 2.02. The third-order valence-electron chi connectivity index (χ3n) is 3.16. The lowest BCUT2D eigenvalue weighted by Gasteiger charge is -2.26. The van der Waals surface area contributed by atoms with Crippen LogP contribution in [0.5, 0.6) is 0 Å². The molecular formula is C12H21NO3. The minimum absolute atomic E-state index is 0.0371. The molecule has 0 aromatic carbocycles. The summed E-state index contributed by atoms with van der Waals surface area (Å²) >= 11 is 0. The number of carbonyl (C=O) groups is 2. The van der Waals surface area contributed by atoms with Gasteiger partial charge < -0.3 is 10.1 Å². The molecule has 1 aliphatic rings. The van der Waals surface area contributed by atoms with Crippen LogP contribution < -0.4 is 5.32 Å². The van der Waals surface area contributed by atoms with Gasteiger partial charge in [0.2, 0.25) is 5.91 Å². The zero-order chi connectivity index (χ0) is 12.0. The molecule has 1 saturated carbocycles. The molecule has 0 aromatic heterocycles. The first-order valence-corrected chi connectivity index (χ1v) is 5.98. The Morgan fingerprint density at radius 3 is 2.38 bits per heavy atom. The van der Waals surface area contributed by atoms with Gasteiger partial charge in [-0.25, -0.2) is 0 Å². The maximum Gasteiger partial charge on any atom is 0.306 e. The highest BCUT2D eigenvalue weighted by molar-refractivity contribution is 5.81. The van der Waals surface area contributed by atoms with Gasteiger partial charge in [-0.15, -0.1) is 0 Å². The monoisotopic (exact) mass is 227 g/mol. The van der Waals surface area contributed by atoms with Gasteiger partial charge in [-0.05, 0) is 31.6 Å². The van der Waals surface area contributed by atoms with Crippen LogP contribution in [0.1, 0.15) is 45.4 Å². The first-order chi connectivity index (χ1) is 7.61. The van der Waals surface area contributed by atoms with E-state index in [1.807, 2.05) is 0 Å². The Kier molecular flexibility index (Phi) is 5.29. The zero-order valence-electron chi connectivity index (χ0n) is 10.1. The van der Waals surface area contributed by atoms with Gasteiger partial charge in [0, 0.05) is 12.5 Å². The second-order valence-electron chi connectivity index (χ2n) is 4.60. The summed E-state index contributed by atoms with van der Waals surface area (Å²) in [6, 6.07) is 0.307. The molecule has 0 saturated heterocycles. The van der Waals surface area contributed by atoms with Crippen molar-refractivity contribution in [2.24, 2.45) is 5.92 Å². The Labute approximate surface area is 96.7 Å². The van der Waals surface area contributed by atoms with E-state index >= 15 is 0 Å². The molecule has 4 nitrogen and oxygen atoms in total. The Balaban J connectivity index is 2.16. The minimum atomic E-state index is -0.326. The Morgan fingerprint density at radius 1 is 1.19 bits per heavy atom. The predicted molar refractivity (Wildman–Crippen MR) is 60.8 cm³/mol. The highest BCUT2D eigenvalue weighted by Gasteiger charge is 2.19. The molecule has 0 aromatic rings. The van der Waals surface area contributed by atoms with Crippen molar-refractivity contribution in [3.05, 3.63) is 0 Å². The molecule has 92 valence electrons. The van der Waals surface area contributed by atoms with Crippen molar-refractivity contribution in [2.75, 3.05) is 7.11 Å². The average molecular weight is 227 g/mol. The van der Waals surface area contributed by atoms with E-state index < -0.39 is 0 Å². The third kappa shape index (κ3) is 4.64. The van der Waals surface area contributed by atoms with Crippen LogP contribution >= 0.6 is 0 Å². The number of amides is 1. The summed E-state index contributed by atoms with van der Waals surface area (Å²) in [6.45, 7) is 2.25. The molecule has 0 unspecified atom stereocenters. The molecule has 0 bridgehead atoms. The van der Waals surface area contributed by atoms with E-state index in [0.29, 0.717) is 6.04 Å². The largest absolute Gasteiger partial charge is 0.469 e. The summed E-state index contributed by atoms with van der Waals surface area (Å²) in [5, 5.41) is 2.97. The Bertz CT molecular complexity index is 245. The number of ether oxygens (including phenoxy) is 1. The van der Waals surface area contributed by atoms with Crippen molar-refractivity contribution in [1.29, 1.82) is 0 Å². The van der Waals surface area contributed by atoms with Gasteiger partial charge in [0.15, 0.2) is 0 Å². The highest BCUT2D eigenvalue weighted by atomic mass is 16.5. The highest BCUT2D eigenvalue weighted by Crippen LogP contribution is 2.23. The normalized spacial score (nSPS) is 24.9. The lowest BCUT2D eigenvalue weighted by molar-refractivity contribution is -0.142. The van der Waals surface area contributed by atoms with Crippen molar-refractivity contribution >= 4 is 11.9 Å². The average Bonchev–Trinajstić information content (AvgIpc) is 2.29. The molecule has 1 aliphatic carbocycles. The van der Waals surface area contributed by atoms with Crippen LogP contribution in [0.2, 0.25) is 0 Å². The van der Waals surface area contributed by atoms with Gasteiger partial charge in [-0.3, -0.25) is 9.59 Å². The number of hydrogen-bond donors (Lipinski definition) is 1.